The van der Waals surface area contributed by atoms with Gasteiger partial charge in [0.15, 0.2) is 0 Å². The van der Waals surface area contributed by atoms with E-state index in [9.17, 15) is 9.59 Å². The monoisotopic (exact) mass is 478 g/mol. The molecule has 0 spiro atoms. The summed E-state index contributed by atoms with van der Waals surface area (Å²) < 4.78 is 10.6. The average molecular weight is 479 g/mol. The summed E-state index contributed by atoms with van der Waals surface area (Å²) in [5, 5.41) is 1.41. The van der Waals surface area contributed by atoms with Gasteiger partial charge in [0, 0.05) is 35.7 Å². The summed E-state index contributed by atoms with van der Waals surface area (Å²) in [7, 11) is 0. The van der Waals surface area contributed by atoms with Crippen LogP contribution in [0.2, 0.25) is 10.0 Å². The number of rotatable bonds is 15. The second-order valence-electron chi connectivity index (χ2n) is 7.75. The van der Waals surface area contributed by atoms with E-state index >= 15 is 0 Å². The van der Waals surface area contributed by atoms with Gasteiger partial charge in [-0.25, -0.2) is 0 Å². The predicted molar refractivity (Wildman–Crippen MR) is 129 cm³/mol. The van der Waals surface area contributed by atoms with Crippen molar-refractivity contribution in [3.63, 3.8) is 0 Å². The summed E-state index contributed by atoms with van der Waals surface area (Å²) >= 11 is 12.2. The number of hydrogen-bond donors (Lipinski definition) is 0. The lowest BCUT2D eigenvalue weighted by Crippen LogP contribution is -2.08. The third-order valence-corrected chi connectivity index (χ3v) is 5.93. The molecule has 6 heteroatoms. The van der Waals surface area contributed by atoms with E-state index in [1.54, 1.807) is 0 Å². The van der Waals surface area contributed by atoms with Gasteiger partial charge in [0.25, 0.3) is 0 Å². The van der Waals surface area contributed by atoms with Crippen LogP contribution in [0.3, 0.4) is 0 Å². The van der Waals surface area contributed by atoms with Crippen molar-refractivity contribution in [2.45, 2.75) is 64.2 Å². The molecule has 0 aliphatic carbocycles. The van der Waals surface area contributed by atoms with Crippen LogP contribution in [0.4, 0.5) is 0 Å². The highest BCUT2D eigenvalue weighted by Gasteiger charge is 2.06. The van der Waals surface area contributed by atoms with E-state index < -0.39 is 0 Å². The molecule has 0 heterocycles. The van der Waals surface area contributed by atoms with E-state index in [1.807, 2.05) is 48.5 Å². The zero-order valence-electron chi connectivity index (χ0n) is 18.5. The molecule has 0 unspecified atom stereocenters. The van der Waals surface area contributed by atoms with Crippen LogP contribution in [0.1, 0.15) is 62.5 Å². The first-order valence-electron chi connectivity index (χ1n) is 11.3. The molecular formula is C26H32Cl2O4. The second-order valence-corrected chi connectivity index (χ2v) is 8.56. The highest BCUT2D eigenvalue weighted by Crippen LogP contribution is 2.16. The van der Waals surface area contributed by atoms with Crippen LogP contribution in [0.25, 0.3) is 0 Å². The first-order chi connectivity index (χ1) is 15.6. The third-order valence-electron chi connectivity index (χ3n) is 5.20. The smallest absolute Gasteiger partial charge is 0.305 e. The largest absolute Gasteiger partial charge is 0.465 e. The van der Waals surface area contributed by atoms with E-state index in [4.69, 9.17) is 32.7 Å². The fourth-order valence-corrected chi connectivity index (χ4v) is 3.80. The van der Waals surface area contributed by atoms with E-state index in [-0.39, 0.29) is 11.9 Å². The maximum absolute atomic E-state index is 11.8. The molecule has 0 saturated heterocycles. The van der Waals surface area contributed by atoms with Crippen LogP contribution in [-0.4, -0.2) is 25.2 Å². The molecule has 0 atom stereocenters. The maximum atomic E-state index is 11.8. The van der Waals surface area contributed by atoms with Crippen molar-refractivity contribution in [1.29, 1.82) is 0 Å². The fraction of sp³-hybridized carbons (Fsp3) is 0.462. The van der Waals surface area contributed by atoms with Gasteiger partial charge in [0.1, 0.15) is 0 Å². The molecule has 0 fully saturated rings. The van der Waals surface area contributed by atoms with Gasteiger partial charge in [0.05, 0.1) is 13.2 Å². The van der Waals surface area contributed by atoms with Crippen LogP contribution in [0, 0.1) is 0 Å². The molecule has 0 aromatic heterocycles. The van der Waals surface area contributed by atoms with E-state index in [2.05, 4.69) is 0 Å². The number of halogens is 2. The van der Waals surface area contributed by atoms with Crippen LogP contribution < -0.4 is 0 Å². The Morgan fingerprint density at radius 1 is 0.594 bits per heavy atom. The normalized spacial score (nSPS) is 10.7. The molecule has 174 valence electrons. The molecule has 0 bridgehead atoms. The molecule has 2 aromatic carbocycles. The Balaban J connectivity index is 1.39. The van der Waals surface area contributed by atoms with Gasteiger partial charge in [-0.3, -0.25) is 9.59 Å². The minimum absolute atomic E-state index is 0.156. The molecule has 0 N–H and O–H groups in total. The molecule has 32 heavy (non-hydrogen) atoms. The molecule has 2 aromatic rings. The van der Waals surface area contributed by atoms with E-state index in [0.29, 0.717) is 48.9 Å². The number of benzene rings is 2. The highest BCUT2D eigenvalue weighted by molar-refractivity contribution is 6.31. The number of hydrogen-bond acceptors (Lipinski definition) is 4. The van der Waals surface area contributed by atoms with Crippen molar-refractivity contribution in [3.05, 3.63) is 69.7 Å². The molecule has 4 nitrogen and oxygen atoms in total. The fourth-order valence-electron chi connectivity index (χ4n) is 3.34. The molecule has 2 rings (SSSR count). The van der Waals surface area contributed by atoms with Gasteiger partial charge in [-0.05, 0) is 36.1 Å². The minimum Gasteiger partial charge on any atom is -0.465 e. The number of carbonyl (C=O) groups excluding carboxylic acids is 2. The van der Waals surface area contributed by atoms with Crippen LogP contribution in [-0.2, 0) is 31.9 Å². The summed E-state index contributed by atoms with van der Waals surface area (Å²) in [6.07, 6.45) is 7.89. The zero-order chi connectivity index (χ0) is 23.0. The Morgan fingerprint density at radius 3 is 1.38 bits per heavy atom. The Labute approximate surface area is 201 Å². The van der Waals surface area contributed by atoms with Crippen molar-refractivity contribution in [3.8, 4) is 0 Å². The van der Waals surface area contributed by atoms with Crippen molar-refractivity contribution in [2.75, 3.05) is 13.2 Å². The highest BCUT2D eigenvalue weighted by atomic mass is 35.5. The topological polar surface area (TPSA) is 52.6 Å². The van der Waals surface area contributed by atoms with Gasteiger partial charge >= 0.3 is 11.9 Å². The van der Waals surface area contributed by atoms with Crippen molar-refractivity contribution < 1.29 is 19.1 Å². The second kappa shape index (κ2) is 15.7. The number of unbranched alkanes of at least 4 members (excludes halogenated alkanes) is 5. The van der Waals surface area contributed by atoms with Crippen LogP contribution >= 0.6 is 23.2 Å². The number of esters is 2. The van der Waals surface area contributed by atoms with Crippen LogP contribution in [0.15, 0.2) is 48.5 Å². The summed E-state index contributed by atoms with van der Waals surface area (Å²) in [6, 6.07) is 15.2. The molecule has 0 aliphatic heterocycles. The SMILES string of the molecule is O=C(CCCCCCCCC(=O)OCCc1ccccc1Cl)OCCc1ccccc1Cl. The van der Waals surface area contributed by atoms with Gasteiger partial charge in [-0.15, -0.1) is 0 Å². The summed E-state index contributed by atoms with van der Waals surface area (Å²) in [4.78, 5) is 23.6. The predicted octanol–water partition coefficient (Wildman–Crippen LogP) is 6.99. The lowest BCUT2D eigenvalue weighted by atomic mass is 10.1. The zero-order valence-corrected chi connectivity index (χ0v) is 20.0. The molecular weight excluding hydrogens is 447 g/mol. The minimum atomic E-state index is -0.156. The Bertz CT molecular complexity index is 769. The lowest BCUT2D eigenvalue weighted by Gasteiger charge is -2.07. The van der Waals surface area contributed by atoms with E-state index in [0.717, 1.165) is 49.7 Å². The molecule has 0 aliphatic rings. The first-order valence-corrected chi connectivity index (χ1v) is 12.1. The summed E-state index contributed by atoms with van der Waals surface area (Å²) in [6.45, 7) is 0.716. The van der Waals surface area contributed by atoms with E-state index in [1.165, 1.54) is 0 Å². The average Bonchev–Trinajstić information content (AvgIpc) is 2.78. The van der Waals surface area contributed by atoms with Crippen molar-refractivity contribution >= 4 is 35.1 Å². The Kier molecular flexibility index (Phi) is 12.9. The Morgan fingerprint density at radius 2 is 0.969 bits per heavy atom. The number of carbonyl (C=O) groups is 2. The standard InChI is InChI=1S/C26H32Cl2O4/c27-23-13-9-7-11-21(23)17-19-31-25(29)15-5-3-1-2-4-6-16-26(30)32-20-18-22-12-8-10-14-24(22)28/h7-14H,1-6,15-20H2. The molecule has 0 amide bonds. The molecule has 0 saturated carbocycles. The summed E-state index contributed by atoms with van der Waals surface area (Å²) in [5.41, 5.74) is 1.98. The van der Waals surface area contributed by atoms with Gasteiger partial charge in [0.2, 0.25) is 0 Å². The number of ether oxygens (including phenoxy) is 2. The van der Waals surface area contributed by atoms with Crippen molar-refractivity contribution in [1.82, 2.24) is 0 Å². The lowest BCUT2D eigenvalue weighted by molar-refractivity contribution is -0.144. The first kappa shape index (κ1) is 26.2. The molecule has 0 radical (unpaired) electrons. The quantitative estimate of drug-likeness (QED) is 0.204. The van der Waals surface area contributed by atoms with Gasteiger partial charge in [-0.1, -0.05) is 85.3 Å². The van der Waals surface area contributed by atoms with Crippen LogP contribution in [0.5, 0.6) is 0 Å². The van der Waals surface area contributed by atoms with Gasteiger partial charge in [-0.2, -0.15) is 0 Å². The Hall–Kier alpha value is -2.04. The van der Waals surface area contributed by atoms with Crippen molar-refractivity contribution in [2.24, 2.45) is 0 Å². The third kappa shape index (κ3) is 11.0. The maximum Gasteiger partial charge on any atom is 0.305 e. The van der Waals surface area contributed by atoms with Gasteiger partial charge < -0.3 is 9.47 Å². The summed E-state index contributed by atoms with van der Waals surface area (Å²) in [5.74, 6) is -0.312.